The molecule has 0 aliphatic carbocycles. The smallest absolute Gasteiger partial charge is 0.335 e. The van der Waals surface area contributed by atoms with Crippen LogP contribution < -0.4 is 5.32 Å². The van der Waals surface area contributed by atoms with Crippen LogP contribution in [0.4, 0.5) is 10.1 Å². The van der Waals surface area contributed by atoms with Gasteiger partial charge in [-0.1, -0.05) is 0 Å². The van der Waals surface area contributed by atoms with Gasteiger partial charge in [0.1, 0.15) is 5.82 Å². The van der Waals surface area contributed by atoms with E-state index in [1.807, 2.05) is 0 Å². The minimum atomic E-state index is -1.12. The highest BCUT2D eigenvalue weighted by Gasteiger charge is 2.07. The molecular formula is C12H16FNO2S. The predicted octanol–water partition coefficient (Wildman–Crippen LogP) is 3.08. The van der Waals surface area contributed by atoms with Crippen LogP contribution in [0.15, 0.2) is 18.2 Å². The fourth-order valence-corrected chi connectivity index (χ4v) is 1.88. The zero-order valence-electron chi connectivity index (χ0n) is 9.70. The van der Waals surface area contributed by atoms with Crippen molar-refractivity contribution < 1.29 is 14.3 Å². The molecular weight excluding hydrogens is 241 g/mol. The van der Waals surface area contributed by atoms with Crippen molar-refractivity contribution in [3.63, 3.8) is 0 Å². The summed E-state index contributed by atoms with van der Waals surface area (Å²) in [6, 6.07) is 3.90. The van der Waals surface area contributed by atoms with Crippen LogP contribution in [0.3, 0.4) is 0 Å². The number of anilines is 1. The summed E-state index contributed by atoms with van der Waals surface area (Å²) in [6.07, 6.45) is 4.11. The first-order valence-electron chi connectivity index (χ1n) is 5.41. The van der Waals surface area contributed by atoms with Crippen molar-refractivity contribution in [2.75, 3.05) is 23.9 Å². The fraction of sp³-hybridized carbons (Fsp3) is 0.417. The molecule has 0 amide bonds. The quantitative estimate of drug-likeness (QED) is 0.737. The molecule has 94 valence electrons. The van der Waals surface area contributed by atoms with E-state index in [0.717, 1.165) is 24.7 Å². The molecule has 5 heteroatoms. The monoisotopic (exact) mass is 257 g/mol. The van der Waals surface area contributed by atoms with Gasteiger partial charge in [-0.15, -0.1) is 0 Å². The van der Waals surface area contributed by atoms with Crippen molar-refractivity contribution in [3.8, 4) is 0 Å². The van der Waals surface area contributed by atoms with E-state index in [1.54, 1.807) is 11.8 Å². The lowest BCUT2D eigenvalue weighted by molar-refractivity contribution is 0.0696. The first kappa shape index (κ1) is 13.8. The molecule has 2 N–H and O–H groups in total. The van der Waals surface area contributed by atoms with Crippen LogP contribution >= 0.6 is 11.8 Å². The van der Waals surface area contributed by atoms with Crippen molar-refractivity contribution in [1.82, 2.24) is 0 Å². The predicted molar refractivity (Wildman–Crippen MR) is 69.5 cm³/mol. The molecule has 0 spiro atoms. The minimum absolute atomic E-state index is 0.0320. The van der Waals surface area contributed by atoms with Gasteiger partial charge in [-0.05, 0) is 43.0 Å². The lowest BCUT2D eigenvalue weighted by Crippen LogP contribution is -2.05. The molecule has 17 heavy (non-hydrogen) atoms. The first-order valence-corrected chi connectivity index (χ1v) is 6.80. The van der Waals surface area contributed by atoms with E-state index >= 15 is 0 Å². The average molecular weight is 257 g/mol. The molecule has 0 unspecified atom stereocenters. The molecule has 3 nitrogen and oxygen atoms in total. The molecule has 0 aromatic heterocycles. The standard InChI is InChI=1S/C12H16FNO2S/c1-17-7-3-2-6-14-11-5-4-9(12(15)16)8-10(11)13/h4-5,8,14H,2-3,6-7H2,1H3,(H,15,16). The summed E-state index contributed by atoms with van der Waals surface area (Å²) in [5.41, 5.74) is 0.328. The van der Waals surface area contributed by atoms with Crippen molar-refractivity contribution in [2.24, 2.45) is 0 Å². The van der Waals surface area contributed by atoms with Gasteiger partial charge in [0, 0.05) is 6.54 Å². The Bertz CT molecular complexity index is 385. The molecule has 0 saturated carbocycles. The van der Waals surface area contributed by atoms with E-state index in [4.69, 9.17) is 5.11 Å². The van der Waals surface area contributed by atoms with Gasteiger partial charge in [0.2, 0.25) is 0 Å². The molecule has 0 radical (unpaired) electrons. The van der Waals surface area contributed by atoms with Crippen LogP contribution in [-0.4, -0.2) is 29.6 Å². The van der Waals surface area contributed by atoms with Crippen molar-refractivity contribution in [3.05, 3.63) is 29.6 Å². The van der Waals surface area contributed by atoms with Crippen molar-refractivity contribution >= 4 is 23.4 Å². The number of carbonyl (C=O) groups is 1. The van der Waals surface area contributed by atoms with Gasteiger partial charge in [0.25, 0.3) is 0 Å². The summed E-state index contributed by atoms with van der Waals surface area (Å²) in [7, 11) is 0. The maximum Gasteiger partial charge on any atom is 0.335 e. The molecule has 0 atom stereocenters. The summed E-state index contributed by atoms with van der Waals surface area (Å²) in [5.74, 6) is -0.535. The average Bonchev–Trinajstić information content (AvgIpc) is 2.30. The van der Waals surface area contributed by atoms with Gasteiger partial charge >= 0.3 is 5.97 Å². The zero-order valence-corrected chi connectivity index (χ0v) is 10.5. The number of hydrogen-bond donors (Lipinski definition) is 2. The van der Waals surface area contributed by atoms with Crippen LogP contribution in [0.1, 0.15) is 23.2 Å². The number of carboxylic acids is 1. The van der Waals surface area contributed by atoms with Gasteiger partial charge < -0.3 is 10.4 Å². The number of benzene rings is 1. The van der Waals surface area contributed by atoms with Gasteiger partial charge in [0.15, 0.2) is 0 Å². The van der Waals surface area contributed by atoms with E-state index in [0.29, 0.717) is 12.2 Å². The Morgan fingerprint density at radius 1 is 1.47 bits per heavy atom. The highest BCUT2D eigenvalue weighted by molar-refractivity contribution is 7.98. The second-order valence-corrected chi connectivity index (χ2v) is 4.61. The maximum absolute atomic E-state index is 13.5. The SMILES string of the molecule is CSCCCCNc1ccc(C(=O)O)cc1F. The van der Waals surface area contributed by atoms with E-state index < -0.39 is 11.8 Å². The van der Waals surface area contributed by atoms with Gasteiger partial charge in [0.05, 0.1) is 11.3 Å². The van der Waals surface area contributed by atoms with Crippen LogP contribution in [0.2, 0.25) is 0 Å². The minimum Gasteiger partial charge on any atom is -0.478 e. The summed E-state index contributed by atoms with van der Waals surface area (Å²) in [6.45, 7) is 0.698. The van der Waals surface area contributed by atoms with Crippen molar-refractivity contribution in [2.45, 2.75) is 12.8 Å². The molecule has 0 fully saturated rings. The Balaban J connectivity index is 2.46. The number of carboxylic acid groups (broad SMARTS) is 1. The molecule has 1 aromatic rings. The lowest BCUT2D eigenvalue weighted by atomic mass is 10.2. The molecule has 0 aliphatic heterocycles. The van der Waals surface area contributed by atoms with Crippen molar-refractivity contribution in [1.29, 1.82) is 0 Å². The molecule has 1 aromatic carbocycles. The third kappa shape index (κ3) is 4.65. The molecule has 0 heterocycles. The number of thioether (sulfide) groups is 1. The fourth-order valence-electron chi connectivity index (χ4n) is 1.39. The topological polar surface area (TPSA) is 49.3 Å². The second-order valence-electron chi connectivity index (χ2n) is 3.63. The molecule has 0 saturated heterocycles. The number of nitrogens with one attached hydrogen (secondary N) is 1. The van der Waals surface area contributed by atoms with Crippen LogP contribution in [0.25, 0.3) is 0 Å². The largest absolute Gasteiger partial charge is 0.478 e. The summed E-state index contributed by atoms with van der Waals surface area (Å²) >= 11 is 1.79. The lowest BCUT2D eigenvalue weighted by Gasteiger charge is -2.07. The highest BCUT2D eigenvalue weighted by Crippen LogP contribution is 2.16. The van der Waals surface area contributed by atoms with E-state index in [1.165, 1.54) is 12.1 Å². The summed E-state index contributed by atoms with van der Waals surface area (Å²) in [4.78, 5) is 10.6. The summed E-state index contributed by atoms with van der Waals surface area (Å²) < 4.78 is 13.5. The van der Waals surface area contributed by atoms with E-state index in [9.17, 15) is 9.18 Å². The number of halogens is 1. The normalized spacial score (nSPS) is 10.2. The molecule has 0 bridgehead atoms. The van der Waals surface area contributed by atoms with Crippen LogP contribution in [0, 0.1) is 5.82 Å². The van der Waals surface area contributed by atoms with E-state index in [-0.39, 0.29) is 5.56 Å². The Hall–Kier alpha value is -1.23. The van der Waals surface area contributed by atoms with Gasteiger partial charge in [-0.2, -0.15) is 11.8 Å². The Morgan fingerprint density at radius 3 is 2.82 bits per heavy atom. The molecule has 0 aliphatic rings. The van der Waals surface area contributed by atoms with Gasteiger partial charge in [-0.3, -0.25) is 0 Å². The van der Waals surface area contributed by atoms with Crippen LogP contribution in [-0.2, 0) is 0 Å². The number of hydrogen-bond acceptors (Lipinski definition) is 3. The van der Waals surface area contributed by atoms with Gasteiger partial charge in [-0.25, -0.2) is 9.18 Å². The number of rotatable bonds is 7. The van der Waals surface area contributed by atoms with Crippen LogP contribution in [0.5, 0.6) is 0 Å². The first-order chi connectivity index (χ1) is 8.15. The third-order valence-electron chi connectivity index (χ3n) is 2.31. The second kappa shape index (κ2) is 7.17. The molecule has 1 rings (SSSR count). The third-order valence-corrected chi connectivity index (χ3v) is 3.00. The Morgan fingerprint density at radius 2 is 2.24 bits per heavy atom. The Kier molecular flexibility index (Phi) is 5.83. The number of aromatic carboxylic acids is 1. The zero-order chi connectivity index (χ0) is 12.7. The van der Waals surface area contributed by atoms with E-state index in [2.05, 4.69) is 11.6 Å². The highest BCUT2D eigenvalue weighted by atomic mass is 32.2. The Labute approximate surface area is 104 Å². The number of unbranched alkanes of at least 4 members (excludes halogenated alkanes) is 1. The maximum atomic E-state index is 13.5. The summed E-state index contributed by atoms with van der Waals surface area (Å²) in [5, 5.41) is 11.6.